The maximum atomic E-state index is 5.90. The minimum Gasteiger partial charge on any atom is -0.378 e. The number of ether oxygens (including phenoxy) is 1. The summed E-state index contributed by atoms with van der Waals surface area (Å²) in [5.41, 5.74) is 5.80. The van der Waals surface area contributed by atoms with Gasteiger partial charge in [-0.05, 0) is 52.9 Å². The van der Waals surface area contributed by atoms with Gasteiger partial charge in [0.05, 0.1) is 6.10 Å². The van der Waals surface area contributed by atoms with Crippen LogP contribution >= 0.6 is 0 Å². The molecule has 1 saturated carbocycles. The highest BCUT2D eigenvalue weighted by molar-refractivity contribution is 5.78. The number of guanidine groups is 1. The summed E-state index contributed by atoms with van der Waals surface area (Å²) in [7, 11) is 0. The van der Waals surface area contributed by atoms with E-state index in [-0.39, 0.29) is 5.54 Å². The summed E-state index contributed by atoms with van der Waals surface area (Å²) in [6, 6.07) is 0. The highest BCUT2D eigenvalue weighted by Crippen LogP contribution is 2.20. The van der Waals surface area contributed by atoms with E-state index < -0.39 is 0 Å². The van der Waals surface area contributed by atoms with Gasteiger partial charge in [0.25, 0.3) is 0 Å². The molecule has 0 unspecified atom stereocenters. The number of aliphatic imine (C=N–C) groups is 1. The van der Waals surface area contributed by atoms with E-state index in [0.29, 0.717) is 12.1 Å². The maximum Gasteiger partial charge on any atom is 0.188 e. The number of unbranched alkanes of at least 4 members (excludes halogenated alkanes) is 2. The van der Waals surface area contributed by atoms with E-state index in [0.717, 1.165) is 26.0 Å². The zero-order chi connectivity index (χ0) is 14.8. The summed E-state index contributed by atoms with van der Waals surface area (Å²) in [6.45, 7) is 7.95. The Morgan fingerprint density at radius 3 is 2.50 bits per heavy atom. The van der Waals surface area contributed by atoms with E-state index in [1.807, 2.05) is 0 Å². The fraction of sp³-hybridized carbons (Fsp3) is 0.938. The summed E-state index contributed by atoms with van der Waals surface area (Å²) in [6.07, 6.45) is 10.5. The lowest BCUT2D eigenvalue weighted by Crippen LogP contribution is -2.45. The van der Waals surface area contributed by atoms with Gasteiger partial charge in [-0.15, -0.1) is 0 Å². The molecule has 118 valence electrons. The first kappa shape index (κ1) is 17.3. The number of rotatable bonds is 7. The normalized spacial score (nSPS) is 18.2. The molecule has 0 amide bonds. The molecular weight excluding hydrogens is 250 g/mol. The average molecular weight is 283 g/mol. The maximum absolute atomic E-state index is 5.90. The molecule has 1 fully saturated rings. The third-order valence-electron chi connectivity index (χ3n) is 3.49. The molecule has 0 heterocycles. The Morgan fingerprint density at radius 1 is 1.15 bits per heavy atom. The molecule has 4 nitrogen and oxygen atoms in total. The quantitative estimate of drug-likeness (QED) is 0.428. The van der Waals surface area contributed by atoms with E-state index in [1.54, 1.807) is 0 Å². The van der Waals surface area contributed by atoms with Crippen molar-refractivity contribution in [2.75, 3.05) is 13.2 Å². The molecule has 0 aromatic carbocycles. The van der Waals surface area contributed by atoms with Crippen LogP contribution in [0.25, 0.3) is 0 Å². The summed E-state index contributed by atoms with van der Waals surface area (Å²) in [5, 5.41) is 3.17. The van der Waals surface area contributed by atoms with Crippen LogP contribution in [0.1, 0.15) is 72.1 Å². The fourth-order valence-electron chi connectivity index (χ4n) is 2.50. The average Bonchev–Trinajstić information content (AvgIpc) is 2.37. The van der Waals surface area contributed by atoms with Gasteiger partial charge in [0, 0.05) is 18.7 Å². The Hall–Kier alpha value is -0.770. The van der Waals surface area contributed by atoms with Crippen molar-refractivity contribution >= 4 is 5.96 Å². The first-order chi connectivity index (χ1) is 9.47. The third kappa shape index (κ3) is 9.18. The van der Waals surface area contributed by atoms with Crippen molar-refractivity contribution in [3.05, 3.63) is 0 Å². The largest absolute Gasteiger partial charge is 0.378 e. The van der Waals surface area contributed by atoms with Gasteiger partial charge in [0.2, 0.25) is 0 Å². The van der Waals surface area contributed by atoms with Crippen molar-refractivity contribution in [3.63, 3.8) is 0 Å². The predicted octanol–water partition coefficient (Wildman–Crippen LogP) is 3.21. The lowest BCUT2D eigenvalue weighted by atomic mass is 9.98. The van der Waals surface area contributed by atoms with Crippen LogP contribution < -0.4 is 11.1 Å². The summed E-state index contributed by atoms with van der Waals surface area (Å²) in [4.78, 5) is 4.34. The Balaban J connectivity index is 1.95. The molecule has 0 aromatic heterocycles. The second kappa shape index (κ2) is 9.22. The van der Waals surface area contributed by atoms with Crippen LogP contribution in [0.15, 0.2) is 4.99 Å². The zero-order valence-corrected chi connectivity index (χ0v) is 13.6. The highest BCUT2D eigenvalue weighted by atomic mass is 16.5. The fourth-order valence-corrected chi connectivity index (χ4v) is 2.50. The molecule has 0 aromatic rings. The lowest BCUT2D eigenvalue weighted by Gasteiger charge is -2.22. The summed E-state index contributed by atoms with van der Waals surface area (Å²) in [5.74, 6) is 0.552. The van der Waals surface area contributed by atoms with Crippen molar-refractivity contribution in [1.29, 1.82) is 0 Å². The van der Waals surface area contributed by atoms with Crippen LogP contribution in [-0.2, 0) is 4.74 Å². The van der Waals surface area contributed by atoms with Gasteiger partial charge in [-0.1, -0.05) is 19.3 Å². The van der Waals surface area contributed by atoms with Crippen molar-refractivity contribution in [3.8, 4) is 0 Å². The molecule has 4 heteroatoms. The first-order valence-electron chi connectivity index (χ1n) is 8.17. The van der Waals surface area contributed by atoms with E-state index in [2.05, 4.69) is 31.1 Å². The van der Waals surface area contributed by atoms with Crippen LogP contribution in [0.3, 0.4) is 0 Å². The van der Waals surface area contributed by atoms with Crippen molar-refractivity contribution < 1.29 is 4.74 Å². The number of hydrogen-bond donors (Lipinski definition) is 2. The number of hydrogen-bond acceptors (Lipinski definition) is 2. The molecule has 0 atom stereocenters. The predicted molar refractivity (Wildman–Crippen MR) is 86.1 cm³/mol. The van der Waals surface area contributed by atoms with Gasteiger partial charge in [-0.2, -0.15) is 0 Å². The van der Waals surface area contributed by atoms with Crippen LogP contribution in [0, 0.1) is 0 Å². The second-order valence-corrected chi connectivity index (χ2v) is 6.83. The molecule has 1 rings (SSSR count). The van der Waals surface area contributed by atoms with E-state index in [1.165, 1.54) is 38.5 Å². The molecule has 0 saturated heterocycles. The SMILES string of the molecule is CC(C)(C)NC(N)=NCCCCCOC1CCCCC1. The molecule has 0 bridgehead atoms. The van der Waals surface area contributed by atoms with Crippen molar-refractivity contribution in [1.82, 2.24) is 5.32 Å². The van der Waals surface area contributed by atoms with Gasteiger partial charge in [0.15, 0.2) is 5.96 Å². The third-order valence-corrected chi connectivity index (χ3v) is 3.49. The molecule has 0 aliphatic heterocycles. The summed E-state index contributed by atoms with van der Waals surface area (Å²) >= 11 is 0. The van der Waals surface area contributed by atoms with Crippen molar-refractivity contribution in [2.45, 2.75) is 83.8 Å². The molecular formula is C16H33N3O. The van der Waals surface area contributed by atoms with Crippen LogP contribution in [0.2, 0.25) is 0 Å². The van der Waals surface area contributed by atoms with Crippen LogP contribution in [0.4, 0.5) is 0 Å². The van der Waals surface area contributed by atoms with Gasteiger partial charge >= 0.3 is 0 Å². The monoisotopic (exact) mass is 283 g/mol. The van der Waals surface area contributed by atoms with Gasteiger partial charge in [-0.3, -0.25) is 4.99 Å². The first-order valence-corrected chi connectivity index (χ1v) is 8.17. The Morgan fingerprint density at radius 2 is 1.85 bits per heavy atom. The van der Waals surface area contributed by atoms with Gasteiger partial charge < -0.3 is 15.8 Å². The van der Waals surface area contributed by atoms with Crippen LogP contribution in [-0.4, -0.2) is 30.8 Å². The highest BCUT2D eigenvalue weighted by Gasteiger charge is 2.13. The molecule has 1 aliphatic rings. The standard InChI is InChI=1S/C16H33N3O/c1-16(2,3)19-15(17)18-12-8-5-9-13-20-14-10-6-4-7-11-14/h14H,4-13H2,1-3H3,(H3,17,18,19). The van der Waals surface area contributed by atoms with Crippen molar-refractivity contribution in [2.24, 2.45) is 10.7 Å². The van der Waals surface area contributed by atoms with E-state index in [9.17, 15) is 0 Å². The minimum atomic E-state index is -0.0125. The van der Waals surface area contributed by atoms with Crippen LogP contribution in [0.5, 0.6) is 0 Å². The molecule has 0 radical (unpaired) electrons. The smallest absolute Gasteiger partial charge is 0.188 e. The Labute approximate surface area is 124 Å². The van der Waals surface area contributed by atoms with E-state index in [4.69, 9.17) is 10.5 Å². The lowest BCUT2D eigenvalue weighted by molar-refractivity contribution is 0.0264. The molecule has 1 aliphatic carbocycles. The number of nitrogens with zero attached hydrogens (tertiary/aromatic N) is 1. The molecule has 20 heavy (non-hydrogen) atoms. The Kier molecular flexibility index (Phi) is 7.97. The Bertz CT molecular complexity index is 278. The number of nitrogens with two attached hydrogens (primary N) is 1. The summed E-state index contributed by atoms with van der Waals surface area (Å²) < 4.78 is 5.90. The van der Waals surface area contributed by atoms with Gasteiger partial charge in [0.1, 0.15) is 0 Å². The minimum absolute atomic E-state index is 0.0125. The second-order valence-electron chi connectivity index (χ2n) is 6.83. The molecule has 3 N–H and O–H groups in total. The van der Waals surface area contributed by atoms with Gasteiger partial charge in [-0.25, -0.2) is 0 Å². The molecule has 0 spiro atoms. The van der Waals surface area contributed by atoms with E-state index >= 15 is 0 Å². The zero-order valence-electron chi connectivity index (χ0n) is 13.6. The topological polar surface area (TPSA) is 59.6 Å². The number of nitrogens with one attached hydrogen (secondary N) is 1.